The van der Waals surface area contributed by atoms with Gasteiger partial charge in [-0.3, -0.25) is 4.79 Å². The van der Waals surface area contributed by atoms with Gasteiger partial charge in [-0.15, -0.1) is 0 Å². The van der Waals surface area contributed by atoms with E-state index >= 15 is 0 Å². The lowest BCUT2D eigenvalue weighted by Gasteiger charge is -2.31. The number of anilines is 1. The highest BCUT2D eigenvalue weighted by molar-refractivity contribution is 5.93. The van der Waals surface area contributed by atoms with Gasteiger partial charge < -0.3 is 14.8 Å². The molecule has 3 heterocycles. The fourth-order valence-corrected chi connectivity index (χ4v) is 3.70. The van der Waals surface area contributed by atoms with E-state index < -0.39 is 0 Å². The Hall–Kier alpha value is -3.06. The van der Waals surface area contributed by atoms with Gasteiger partial charge in [-0.1, -0.05) is 6.92 Å². The average molecular weight is 336 g/mol. The second-order valence-electron chi connectivity index (χ2n) is 6.35. The van der Waals surface area contributed by atoms with Gasteiger partial charge in [0.15, 0.2) is 0 Å². The van der Waals surface area contributed by atoms with Crippen molar-refractivity contribution in [1.29, 1.82) is 10.5 Å². The first kappa shape index (κ1) is 16.8. The quantitative estimate of drug-likeness (QED) is 0.920. The maximum absolute atomic E-state index is 12.1. The summed E-state index contributed by atoms with van der Waals surface area (Å²) in [5.74, 6) is 0.167. The van der Waals surface area contributed by atoms with Gasteiger partial charge in [0.05, 0.1) is 23.4 Å². The van der Waals surface area contributed by atoms with Crippen molar-refractivity contribution in [2.75, 3.05) is 25.0 Å². The lowest BCUT2D eigenvalue weighted by atomic mass is 9.98. The molecule has 25 heavy (non-hydrogen) atoms. The normalized spacial score (nSPS) is 19.6. The number of hydrogen-bond acceptors (Lipinski definition) is 5. The number of nitrogens with zero attached hydrogens (tertiary/aromatic N) is 5. The molecule has 0 bridgehead atoms. The van der Waals surface area contributed by atoms with Gasteiger partial charge in [-0.25, -0.2) is 4.98 Å². The molecule has 2 aromatic rings. The van der Waals surface area contributed by atoms with Crippen LogP contribution in [0.1, 0.15) is 25.3 Å². The van der Waals surface area contributed by atoms with Crippen LogP contribution in [-0.4, -0.2) is 47.0 Å². The molecule has 1 fully saturated rings. The third kappa shape index (κ3) is 2.89. The van der Waals surface area contributed by atoms with E-state index in [1.807, 2.05) is 25.4 Å². The third-order valence-electron chi connectivity index (χ3n) is 5.04. The highest BCUT2D eigenvalue weighted by atomic mass is 16.2. The van der Waals surface area contributed by atoms with E-state index in [2.05, 4.69) is 27.9 Å². The highest BCUT2D eigenvalue weighted by Crippen LogP contribution is 2.34. The van der Waals surface area contributed by atoms with Crippen molar-refractivity contribution < 1.29 is 4.79 Å². The Morgan fingerprint density at radius 3 is 2.96 bits per heavy atom. The first-order valence-corrected chi connectivity index (χ1v) is 8.34. The molecule has 1 aliphatic rings. The summed E-state index contributed by atoms with van der Waals surface area (Å²) in [6.07, 6.45) is 4.23. The maximum atomic E-state index is 12.1. The molecule has 1 unspecified atom stereocenters. The Balaban J connectivity index is 1.96. The molecular weight excluding hydrogens is 316 g/mol. The van der Waals surface area contributed by atoms with Crippen LogP contribution in [0.3, 0.4) is 0 Å². The number of nitriles is 2. The minimum Gasteiger partial charge on any atom is -0.368 e. The van der Waals surface area contributed by atoms with Crippen LogP contribution in [0.4, 0.5) is 5.69 Å². The second kappa shape index (κ2) is 6.82. The van der Waals surface area contributed by atoms with Crippen LogP contribution in [0.15, 0.2) is 18.5 Å². The Morgan fingerprint density at radius 2 is 2.28 bits per heavy atom. The summed E-state index contributed by atoms with van der Waals surface area (Å²) >= 11 is 0. The van der Waals surface area contributed by atoms with E-state index in [1.165, 1.54) is 0 Å². The average Bonchev–Trinajstić information content (AvgIpc) is 3.26. The SMILES string of the molecule is CC[C@@H]1CN(C(=O)CC#N)CC1N(C)c1c(C#N)cnc2[nH]ccc12. The number of aromatic amines is 1. The zero-order valence-electron chi connectivity index (χ0n) is 14.4. The van der Waals surface area contributed by atoms with Gasteiger partial charge in [0.2, 0.25) is 5.91 Å². The van der Waals surface area contributed by atoms with Crippen LogP contribution in [0.25, 0.3) is 11.0 Å². The molecule has 0 saturated carbocycles. The number of carbonyl (C=O) groups is 1. The monoisotopic (exact) mass is 336 g/mol. The Morgan fingerprint density at radius 1 is 1.48 bits per heavy atom. The Kier molecular flexibility index (Phi) is 4.58. The predicted molar refractivity (Wildman–Crippen MR) is 93.6 cm³/mol. The molecule has 0 spiro atoms. The van der Waals surface area contributed by atoms with E-state index in [9.17, 15) is 10.1 Å². The van der Waals surface area contributed by atoms with E-state index in [0.29, 0.717) is 24.6 Å². The van der Waals surface area contributed by atoms with Crippen LogP contribution in [0.2, 0.25) is 0 Å². The molecule has 7 nitrogen and oxygen atoms in total. The Labute approximate surface area is 146 Å². The van der Waals surface area contributed by atoms with Gasteiger partial charge in [0, 0.05) is 37.9 Å². The van der Waals surface area contributed by atoms with Crippen molar-refractivity contribution in [2.24, 2.45) is 5.92 Å². The fourth-order valence-electron chi connectivity index (χ4n) is 3.70. The van der Waals surface area contributed by atoms with Crippen LogP contribution in [-0.2, 0) is 4.79 Å². The second-order valence-corrected chi connectivity index (χ2v) is 6.35. The highest BCUT2D eigenvalue weighted by Gasteiger charge is 2.37. The van der Waals surface area contributed by atoms with Gasteiger partial charge >= 0.3 is 0 Å². The molecule has 1 amide bonds. The van der Waals surface area contributed by atoms with E-state index in [1.54, 1.807) is 11.1 Å². The van der Waals surface area contributed by atoms with E-state index in [0.717, 1.165) is 23.1 Å². The number of rotatable bonds is 4. The van der Waals surface area contributed by atoms with Crippen molar-refractivity contribution >= 4 is 22.6 Å². The minimum atomic E-state index is -0.126. The summed E-state index contributed by atoms with van der Waals surface area (Å²) in [5.41, 5.74) is 2.10. The van der Waals surface area contributed by atoms with Crippen LogP contribution in [0.5, 0.6) is 0 Å². The predicted octanol–water partition coefficient (Wildman–Crippen LogP) is 2.02. The Bertz CT molecular complexity index is 874. The molecule has 7 heteroatoms. The number of nitrogens with one attached hydrogen (secondary N) is 1. The number of aromatic nitrogens is 2. The number of hydrogen-bond donors (Lipinski definition) is 1. The molecular formula is C18H20N6O. The first-order valence-electron chi connectivity index (χ1n) is 8.34. The molecule has 2 aromatic heterocycles. The van der Waals surface area contributed by atoms with Crippen LogP contribution < -0.4 is 4.90 Å². The summed E-state index contributed by atoms with van der Waals surface area (Å²) in [6, 6.07) is 6.18. The smallest absolute Gasteiger partial charge is 0.236 e. The van der Waals surface area contributed by atoms with E-state index in [4.69, 9.17) is 5.26 Å². The molecule has 1 aliphatic heterocycles. The molecule has 1 saturated heterocycles. The van der Waals surface area contributed by atoms with Crippen LogP contribution >= 0.6 is 0 Å². The van der Waals surface area contributed by atoms with Crippen LogP contribution in [0, 0.1) is 28.6 Å². The van der Waals surface area contributed by atoms with Crippen molar-refractivity contribution in [2.45, 2.75) is 25.8 Å². The standard InChI is InChI=1S/C18H20N6O/c1-3-12-10-24(16(25)4-6-19)11-15(12)23(2)17-13(8-20)9-22-18-14(17)5-7-21-18/h5,7,9,12,15H,3-4,10-11H2,1-2H3,(H,21,22)/t12-,15?/m1/s1. The molecule has 2 atom stereocenters. The number of carbonyl (C=O) groups excluding carboxylic acids is 1. The van der Waals surface area contributed by atoms with Gasteiger partial charge in [0.1, 0.15) is 18.1 Å². The van der Waals surface area contributed by atoms with Gasteiger partial charge in [-0.05, 0) is 18.4 Å². The lowest BCUT2D eigenvalue weighted by Crippen LogP contribution is -2.39. The van der Waals surface area contributed by atoms with Crippen molar-refractivity contribution in [3.63, 3.8) is 0 Å². The molecule has 0 aromatic carbocycles. The summed E-state index contributed by atoms with van der Waals surface area (Å²) < 4.78 is 0. The number of fused-ring (bicyclic) bond motifs is 1. The molecule has 128 valence electrons. The zero-order valence-corrected chi connectivity index (χ0v) is 14.4. The van der Waals surface area contributed by atoms with Gasteiger partial charge in [0.25, 0.3) is 0 Å². The number of pyridine rings is 1. The summed E-state index contributed by atoms with van der Waals surface area (Å²) in [7, 11) is 1.97. The largest absolute Gasteiger partial charge is 0.368 e. The summed E-state index contributed by atoms with van der Waals surface area (Å²) in [5, 5.41) is 19.2. The first-order chi connectivity index (χ1) is 12.1. The number of H-pyrrole nitrogens is 1. The van der Waals surface area contributed by atoms with E-state index in [-0.39, 0.29) is 18.4 Å². The lowest BCUT2D eigenvalue weighted by molar-refractivity contribution is -0.129. The van der Waals surface area contributed by atoms with Gasteiger partial charge in [-0.2, -0.15) is 10.5 Å². The van der Waals surface area contributed by atoms with Crippen molar-refractivity contribution in [3.05, 3.63) is 24.0 Å². The summed E-state index contributed by atoms with van der Waals surface area (Å²) in [4.78, 5) is 23.3. The molecule has 3 rings (SSSR count). The molecule has 1 N–H and O–H groups in total. The third-order valence-corrected chi connectivity index (χ3v) is 5.04. The van der Waals surface area contributed by atoms with Crippen molar-refractivity contribution in [3.8, 4) is 12.1 Å². The zero-order chi connectivity index (χ0) is 18.0. The van der Waals surface area contributed by atoms with Crippen molar-refractivity contribution in [1.82, 2.24) is 14.9 Å². The number of likely N-dealkylation sites (N-methyl/N-ethyl adjacent to an activating group) is 1. The fraction of sp³-hybridized carbons (Fsp3) is 0.444. The topological polar surface area (TPSA) is 99.8 Å². The maximum Gasteiger partial charge on any atom is 0.236 e. The summed E-state index contributed by atoms with van der Waals surface area (Å²) in [6.45, 7) is 3.32. The number of amides is 1. The molecule has 0 radical (unpaired) electrons. The number of likely N-dealkylation sites (tertiary alicyclic amines) is 1. The molecule has 0 aliphatic carbocycles. The minimum absolute atomic E-state index is 0.0897.